The summed E-state index contributed by atoms with van der Waals surface area (Å²) in [5.41, 5.74) is 2.00. The van der Waals surface area contributed by atoms with Crippen molar-refractivity contribution in [3.8, 4) is 5.75 Å². The summed E-state index contributed by atoms with van der Waals surface area (Å²) in [7, 11) is 0. The number of hydrogen-bond donors (Lipinski definition) is 2. The summed E-state index contributed by atoms with van der Waals surface area (Å²) in [6, 6.07) is 5.82. The third-order valence-electron chi connectivity index (χ3n) is 3.26. The van der Waals surface area contributed by atoms with E-state index in [9.17, 15) is 9.59 Å². The number of nitrogens with one attached hydrogen (secondary N) is 1. The molecule has 1 aromatic rings. The van der Waals surface area contributed by atoms with Crippen molar-refractivity contribution in [1.82, 2.24) is 5.32 Å². The van der Waals surface area contributed by atoms with Crippen LogP contribution in [0.15, 0.2) is 18.2 Å². The average molecular weight is 293 g/mol. The number of aryl methyl sites for hydroxylation is 2. The highest BCUT2D eigenvalue weighted by atomic mass is 16.5. The zero-order valence-corrected chi connectivity index (χ0v) is 12.8. The van der Waals surface area contributed by atoms with Crippen molar-refractivity contribution in [2.24, 2.45) is 5.92 Å². The van der Waals surface area contributed by atoms with Crippen molar-refractivity contribution in [1.29, 1.82) is 0 Å². The van der Waals surface area contributed by atoms with Crippen LogP contribution >= 0.6 is 0 Å². The number of benzene rings is 1. The van der Waals surface area contributed by atoms with Crippen LogP contribution in [-0.4, -0.2) is 30.1 Å². The monoisotopic (exact) mass is 293 g/mol. The van der Waals surface area contributed by atoms with E-state index in [1.54, 1.807) is 0 Å². The molecule has 0 radical (unpaired) electrons. The zero-order chi connectivity index (χ0) is 15.8. The number of carboxylic acids is 1. The summed E-state index contributed by atoms with van der Waals surface area (Å²) in [6.07, 6.45) is 0.670. The molecule has 5 heteroatoms. The van der Waals surface area contributed by atoms with Gasteiger partial charge in [0.25, 0.3) is 5.91 Å². The summed E-state index contributed by atoms with van der Waals surface area (Å²) in [4.78, 5) is 22.2. The van der Waals surface area contributed by atoms with E-state index in [1.807, 2.05) is 39.0 Å². The Bertz CT molecular complexity index is 479. The van der Waals surface area contributed by atoms with Crippen LogP contribution in [0.1, 0.15) is 30.9 Å². The molecule has 1 atom stereocenters. The first kappa shape index (κ1) is 17.0. The molecule has 0 heterocycles. The van der Waals surface area contributed by atoms with Gasteiger partial charge in [0.15, 0.2) is 6.61 Å². The lowest BCUT2D eigenvalue weighted by Crippen LogP contribution is -2.32. The summed E-state index contributed by atoms with van der Waals surface area (Å²) in [5.74, 6) is -0.136. The lowest BCUT2D eigenvalue weighted by Gasteiger charge is -2.14. The molecule has 0 saturated carbocycles. The van der Waals surface area contributed by atoms with Gasteiger partial charge in [0.2, 0.25) is 0 Å². The fraction of sp³-hybridized carbons (Fsp3) is 0.500. The van der Waals surface area contributed by atoms with Gasteiger partial charge in [0, 0.05) is 13.0 Å². The molecule has 0 aliphatic carbocycles. The van der Waals surface area contributed by atoms with E-state index < -0.39 is 5.97 Å². The standard InChI is InChI=1S/C16H23NO4/c1-11(7-8-15(19)20)9-17-14(18)10-21-16-12(2)5-4-6-13(16)3/h4-6,11H,7-10H2,1-3H3,(H,17,18)(H,19,20). The van der Waals surface area contributed by atoms with Crippen molar-refractivity contribution in [2.45, 2.75) is 33.6 Å². The highest BCUT2D eigenvalue weighted by molar-refractivity contribution is 5.77. The fourth-order valence-corrected chi connectivity index (χ4v) is 1.98. The van der Waals surface area contributed by atoms with Gasteiger partial charge in [-0.15, -0.1) is 0 Å². The van der Waals surface area contributed by atoms with Gasteiger partial charge < -0.3 is 15.2 Å². The smallest absolute Gasteiger partial charge is 0.303 e. The van der Waals surface area contributed by atoms with Gasteiger partial charge >= 0.3 is 5.97 Å². The molecule has 0 bridgehead atoms. The lowest BCUT2D eigenvalue weighted by molar-refractivity contribution is -0.137. The Balaban J connectivity index is 2.33. The summed E-state index contributed by atoms with van der Waals surface area (Å²) in [6.45, 7) is 6.22. The molecule has 1 rings (SSSR count). The Labute approximate surface area is 125 Å². The van der Waals surface area contributed by atoms with Crippen LogP contribution in [0, 0.1) is 19.8 Å². The number of carbonyl (C=O) groups is 2. The van der Waals surface area contributed by atoms with Gasteiger partial charge in [-0.3, -0.25) is 9.59 Å². The van der Waals surface area contributed by atoms with E-state index in [4.69, 9.17) is 9.84 Å². The molecular formula is C16H23NO4. The first-order valence-electron chi connectivity index (χ1n) is 7.07. The third-order valence-corrected chi connectivity index (χ3v) is 3.26. The van der Waals surface area contributed by atoms with Crippen LogP contribution < -0.4 is 10.1 Å². The predicted molar refractivity (Wildman–Crippen MR) is 80.5 cm³/mol. The van der Waals surface area contributed by atoms with Gasteiger partial charge in [-0.1, -0.05) is 25.1 Å². The van der Waals surface area contributed by atoms with Crippen molar-refractivity contribution >= 4 is 11.9 Å². The minimum atomic E-state index is -0.813. The molecule has 0 fully saturated rings. The number of ether oxygens (including phenoxy) is 1. The van der Waals surface area contributed by atoms with Crippen LogP contribution in [-0.2, 0) is 9.59 Å². The van der Waals surface area contributed by atoms with Gasteiger partial charge in [-0.05, 0) is 37.3 Å². The predicted octanol–water partition coefficient (Wildman–Crippen LogP) is 2.30. The molecule has 0 saturated heterocycles. The molecular weight excluding hydrogens is 270 g/mol. The second kappa shape index (κ2) is 8.29. The quantitative estimate of drug-likeness (QED) is 0.771. The second-order valence-electron chi connectivity index (χ2n) is 5.35. The molecule has 116 valence electrons. The van der Waals surface area contributed by atoms with Gasteiger partial charge in [-0.25, -0.2) is 0 Å². The molecule has 1 unspecified atom stereocenters. The minimum Gasteiger partial charge on any atom is -0.483 e. The number of para-hydroxylation sites is 1. The Hall–Kier alpha value is -2.04. The first-order chi connectivity index (χ1) is 9.90. The molecule has 1 aromatic carbocycles. The van der Waals surface area contributed by atoms with Crippen molar-refractivity contribution in [3.63, 3.8) is 0 Å². The Morgan fingerprint density at radius 2 is 1.90 bits per heavy atom. The van der Waals surface area contributed by atoms with E-state index in [0.29, 0.717) is 13.0 Å². The SMILES string of the molecule is Cc1cccc(C)c1OCC(=O)NCC(C)CCC(=O)O. The maximum atomic E-state index is 11.7. The molecule has 0 aliphatic heterocycles. The number of aliphatic carboxylic acids is 1. The van der Waals surface area contributed by atoms with E-state index >= 15 is 0 Å². The molecule has 0 aliphatic rings. The van der Waals surface area contributed by atoms with E-state index in [-0.39, 0.29) is 24.9 Å². The normalized spacial score (nSPS) is 11.8. The lowest BCUT2D eigenvalue weighted by atomic mass is 10.1. The summed E-state index contributed by atoms with van der Waals surface area (Å²) < 4.78 is 5.55. The first-order valence-corrected chi connectivity index (χ1v) is 7.07. The van der Waals surface area contributed by atoms with Crippen LogP contribution in [0.4, 0.5) is 0 Å². The average Bonchev–Trinajstić information content (AvgIpc) is 2.42. The highest BCUT2D eigenvalue weighted by Gasteiger charge is 2.10. The van der Waals surface area contributed by atoms with E-state index in [2.05, 4.69) is 5.32 Å². The number of carbonyl (C=O) groups excluding carboxylic acids is 1. The molecule has 0 aromatic heterocycles. The Kier molecular flexibility index (Phi) is 6.72. The molecule has 1 amide bonds. The number of hydrogen-bond acceptors (Lipinski definition) is 3. The number of rotatable bonds is 8. The maximum Gasteiger partial charge on any atom is 0.303 e. The molecule has 0 spiro atoms. The largest absolute Gasteiger partial charge is 0.483 e. The second-order valence-corrected chi connectivity index (χ2v) is 5.35. The molecule has 5 nitrogen and oxygen atoms in total. The van der Waals surface area contributed by atoms with Crippen LogP contribution in [0.5, 0.6) is 5.75 Å². The van der Waals surface area contributed by atoms with Gasteiger partial charge in [0.05, 0.1) is 0 Å². The van der Waals surface area contributed by atoms with Crippen LogP contribution in [0.25, 0.3) is 0 Å². The molecule has 2 N–H and O–H groups in total. The summed E-state index contributed by atoms with van der Waals surface area (Å²) >= 11 is 0. The third kappa shape index (κ3) is 6.29. The van der Waals surface area contributed by atoms with E-state index in [1.165, 1.54) is 0 Å². The minimum absolute atomic E-state index is 0.0304. The highest BCUT2D eigenvalue weighted by Crippen LogP contribution is 2.21. The number of carboxylic acid groups (broad SMARTS) is 1. The van der Waals surface area contributed by atoms with Crippen molar-refractivity contribution in [2.75, 3.05) is 13.2 Å². The van der Waals surface area contributed by atoms with E-state index in [0.717, 1.165) is 16.9 Å². The van der Waals surface area contributed by atoms with Gasteiger partial charge in [-0.2, -0.15) is 0 Å². The van der Waals surface area contributed by atoms with Crippen LogP contribution in [0.3, 0.4) is 0 Å². The van der Waals surface area contributed by atoms with Crippen LogP contribution in [0.2, 0.25) is 0 Å². The zero-order valence-electron chi connectivity index (χ0n) is 12.8. The maximum absolute atomic E-state index is 11.7. The Morgan fingerprint density at radius 1 is 1.29 bits per heavy atom. The molecule has 21 heavy (non-hydrogen) atoms. The number of amides is 1. The summed E-state index contributed by atoms with van der Waals surface area (Å²) in [5, 5.41) is 11.4. The Morgan fingerprint density at radius 3 is 2.48 bits per heavy atom. The topological polar surface area (TPSA) is 75.6 Å². The fourth-order valence-electron chi connectivity index (χ4n) is 1.98. The van der Waals surface area contributed by atoms with Gasteiger partial charge in [0.1, 0.15) is 5.75 Å². The van der Waals surface area contributed by atoms with Crippen molar-refractivity contribution < 1.29 is 19.4 Å². The van der Waals surface area contributed by atoms with Crippen molar-refractivity contribution in [3.05, 3.63) is 29.3 Å².